The first-order valence-electron chi connectivity index (χ1n) is 10.4. The highest BCUT2D eigenvalue weighted by Gasteiger charge is 2.33. The van der Waals surface area contributed by atoms with E-state index < -0.39 is 10.2 Å². The molecule has 1 saturated heterocycles. The lowest BCUT2D eigenvalue weighted by Gasteiger charge is -2.36. The Morgan fingerprint density at radius 1 is 1.07 bits per heavy atom. The van der Waals surface area contributed by atoms with Gasteiger partial charge in [-0.1, -0.05) is 45.0 Å². The molecule has 1 amide bonds. The van der Waals surface area contributed by atoms with Crippen molar-refractivity contribution < 1.29 is 13.2 Å². The predicted octanol–water partition coefficient (Wildman–Crippen LogP) is 3.03. The Labute approximate surface area is 183 Å². The molecule has 0 atom stereocenters. The number of thiazole rings is 1. The zero-order chi connectivity index (χ0) is 21.9. The van der Waals surface area contributed by atoms with Crippen LogP contribution in [0.2, 0.25) is 0 Å². The molecule has 2 heterocycles. The van der Waals surface area contributed by atoms with Crippen molar-refractivity contribution in [2.24, 2.45) is 0 Å². The van der Waals surface area contributed by atoms with Gasteiger partial charge in [-0.05, 0) is 18.9 Å². The van der Waals surface area contributed by atoms with Crippen molar-refractivity contribution in [1.82, 2.24) is 18.5 Å². The van der Waals surface area contributed by atoms with Crippen LogP contribution in [0.5, 0.6) is 0 Å². The number of amides is 1. The number of carbonyl (C=O) groups excluding carboxylic acids is 1. The topological polar surface area (TPSA) is 73.8 Å². The number of piperazine rings is 1. The average Bonchev–Trinajstić information content (AvgIpc) is 3.15. The number of carbonyl (C=O) groups is 1. The van der Waals surface area contributed by atoms with E-state index in [1.165, 1.54) is 25.5 Å². The SMILES string of the molecule is CCc1ccc(-c2nc(C)c(C(=O)N3CCN(S(=O)(=O)N(CC)CC)CC3)s2)cc1. The van der Waals surface area contributed by atoms with Crippen molar-refractivity contribution in [3.63, 3.8) is 0 Å². The van der Waals surface area contributed by atoms with Gasteiger partial charge in [0, 0.05) is 44.8 Å². The summed E-state index contributed by atoms with van der Waals surface area (Å²) < 4.78 is 28.3. The third-order valence-corrected chi connectivity index (χ3v) is 8.87. The molecule has 0 radical (unpaired) electrons. The highest BCUT2D eigenvalue weighted by molar-refractivity contribution is 7.86. The molecule has 7 nitrogen and oxygen atoms in total. The van der Waals surface area contributed by atoms with Gasteiger partial charge in [0.1, 0.15) is 9.88 Å². The molecule has 1 aliphatic heterocycles. The highest BCUT2D eigenvalue weighted by atomic mass is 32.2. The van der Waals surface area contributed by atoms with E-state index in [1.54, 1.807) is 4.90 Å². The molecule has 0 aliphatic carbocycles. The first kappa shape index (κ1) is 22.9. The molecule has 0 bridgehead atoms. The van der Waals surface area contributed by atoms with Crippen molar-refractivity contribution in [3.8, 4) is 10.6 Å². The fraction of sp³-hybridized carbons (Fsp3) is 0.524. The monoisotopic (exact) mass is 450 g/mol. The lowest BCUT2D eigenvalue weighted by Crippen LogP contribution is -2.54. The van der Waals surface area contributed by atoms with Crippen LogP contribution in [0.3, 0.4) is 0 Å². The second-order valence-corrected chi connectivity index (χ2v) is 10.2. The van der Waals surface area contributed by atoms with Crippen molar-refractivity contribution >= 4 is 27.5 Å². The van der Waals surface area contributed by atoms with Gasteiger partial charge >= 0.3 is 0 Å². The van der Waals surface area contributed by atoms with E-state index in [0.29, 0.717) is 44.1 Å². The first-order chi connectivity index (χ1) is 14.3. The molecule has 30 heavy (non-hydrogen) atoms. The van der Waals surface area contributed by atoms with Crippen LogP contribution in [-0.2, 0) is 16.6 Å². The third-order valence-electron chi connectivity index (χ3n) is 5.48. The summed E-state index contributed by atoms with van der Waals surface area (Å²) in [6, 6.07) is 8.26. The number of rotatable bonds is 7. The summed E-state index contributed by atoms with van der Waals surface area (Å²) in [7, 11) is -3.46. The van der Waals surface area contributed by atoms with Gasteiger partial charge < -0.3 is 4.90 Å². The number of hydrogen-bond acceptors (Lipinski definition) is 5. The zero-order valence-corrected chi connectivity index (χ0v) is 19.7. The lowest BCUT2D eigenvalue weighted by atomic mass is 10.1. The minimum Gasteiger partial charge on any atom is -0.335 e. The van der Waals surface area contributed by atoms with Gasteiger partial charge in [-0.15, -0.1) is 11.3 Å². The quantitative estimate of drug-likeness (QED) is 0.650. The summed E-state index contributed by atoms with van der Waals surface area (Å²) in [4.78, 5) is 20.1. The van der Waals surface area contributed by atoms with Crippen molar-refractivity contribution in [2.75, 3.05) is 39.3 Å². The molecule has 1 fully saturated rings. The minimum atomic E-state index is -3.46. The van der Waals surface area contributed by atoms with Gasteiger partial charge in [-0.25, -0.2) is 4.98 Å². The van der Waals surface area contributed by atoms with Crippen LogP contribution in [0.4, 0.5) is 0 Å². The lowest BCUT2D eigenvalue weighted by molar-refractivity contribution is 0.0698. The smallest absolute Gasteiger partial charge is 0.282 e. The molecule has 0 saturated carbocycles. The maximum Gasteiger partial charge on any atom is 0.282 e. The van der Waals surface area contributed by atoms with Crippen molar-refractivity contribution in [3.05, 3.63) is 40.4 Å². The van der Waals surface area contributed by atoms with E-state index in [-0.39, 0.29) is 5.91 Å². The predicted molar refractivity (Wildman–Crippen MR) is 121 cm³/mol. The van der Waals surface area contributed by atoms with E-state index in [0.717, 1.165) is 22.7 Å². The Morgan fingerprint density at radius 3 is 2.20 bits per heavy atom. The van der Waals surface area contributed by atoms with E-state index >= 15 is 0 Å². The van der Waals surface area contributed by atoms with Gasteiger partial charge in [0.15, 0.2) is 0 Å². The number of benzene rings is 1. The number of aromatic nitrogens is 1. The second kappa shape index (κ2) is 9.55. The molecule has 2 aromatic rings. The Bertz CT molecular complexity index is 974. The number of nitrogens with zero attached hydrogens (tertiary/aromatic N) is 4. The second-order valence-electron chi connectivity index (χ2n) is 7.27. The summed E-state index contributed by atoms with van der Waals surface area (Å²) >= 11 is 1.40. The molecular weight excluding hydrogens is 420 g/mol. The summed E-state index contributed by atoms with van der Waals surface area (Å²) in [6.07, 6.45) is 0.983. The van der Waals surface area contributed by atoms with Crippen LogP contribution in [0, 0.1) is 6.92 Å². The standard InChI is InChI=1S/C21H30N4O3S2/c1-5-17-8-10-18(11-9-17)20-22-16(4)19(29-20)21(26)23-12-14-25(15-13-23)30(27,28)24(6-2)7-3/h8-11H,5-7,12-15H2,1-4H3. The molecule has 0 N–H and O–H groups in total. The summed E-state index contributed by atoms with van der Waals surface area (Å²) in [5.74, 6) is -0.0682. The number of hydrogen-bond donors (Lipinski definition) is 0. The molecule has 164 valence electrons. The molecule has 1 aromatic heterocycles. The normalized spacial score (nSPS) is 15.7. The molecule has 9 heteroatoms. The summed E-state index contributed by atoms with van der Waals surface area (Å²) in [5.41, 5.74) is 2.99. The fourth-order valence-electron chi connectivity index (χ4n) is 3.58. The number of aryl methyl sites for hydroxylation is 2. The average molecular weight is 451 g/mol. The van der Waals surface area contributed by atoms with E-state index in [1.807, 2.05) is 32.9 Å². The van der Waals surface area contributed by atoms with Crippen LogP contribution in [0.1, 0.15) is 41.7 Å². The fourth-order valence-corrected chi connectivity index (χ4v) is 6.22. The van der Waals surface area contributed by atoms with Crippen LogP contribution in [-0.4, -0.2) is 72.1 Å². The highest BCUT2D eigenvalue weighted by Crippen LogP contribution is 2.29. The van der Waals surface area contributed by atoms with Gasteiger partial charge in [-0.2, -0.15) is 17.0 Å². The molecule has 1 aromatic carbocycles. The van der Waals surface area contributed by atoms with Gasteiger partial charge in [-0.3, -0.25) is 4.79 Å². The van der Waals surface area contributed by atoms with Crippen LogP contribution in [0.15, 0.2) is 24.3 Å². The van der Waals surface area contributed by atoms with Gasteiger partial charge in [0.25, 0.3) is 16.1 Å². The van der Waals surface area contributed by atoms with Gasteiger partial charge in [0.2, 0.25) is 0 Å². The minimum absolute atomic E-state index is 0.0682. The van der Waals surface area contributed by atoms with Crippen molar-refractivity contribution in [2.45, 2.75) is 34.1 Å². The van der Waals surface area contributed by atoms with E-state index in [4.69, 9.17) is 0 Å². The molecule has 0 unspecified atom stereocenters. The molecule has 1 aliphatic rings. The Balaban J connectivity index is 1.70. The maximum absolute atomic E-state index is 13.1. The van der Waals surface area contributed by atoms with Gasteiger partial charge in [0.05, 0.1) is 5.69 Å². The molecule has 0 spiro atoms. The summed E-state index contributed by atoms with van der Waals surface area (Å²) in [6.45, 7) is 9.93. The Kier molecular flexibility index (Phi) is 7.28. The zero-order valence-electron chi connectivity index (χ0n) is 18.1. The Hall–Kier alpha value is -1.81. The Morgan fingerprint density at radius 2 is 1.67 bits per heavy atom. The third kappa shape index (κ3) is 4.59. The summed E-state index contributed by atoms with van der Waals surface area (Å²) in [5, 5.41) is 0.834. The van der Waals surface area contributed by atoms with Crippen LogP contribution in [0.25, 0.3) is 10.6 Å². The maximum atomic E-state index is 13.1. The van der Waals surface area contributed by atoms with Crippen LogP contribution < -0.4 is 0 Å². The molecular formula is C21H30N4O3S2. The van der Waals surface area contributed by atoms with E-state index in [2.05, 4.69) is 24.0 Å². The largest absolute Gasteiger partial charge is 0.335 e. The van der Waals surface area contributed by atoms with E-state index in [9.17, 15) is 13.2 Å². The van der Waals surface area contributed by atoms with Crippen LogP contribution >= 0.6 is 11.3 Å². The van der Waals surface area contributed by atoms with Crippen molar-refractivity contribution in [1.29, 1.82) is 0 Å². The molecule has 3 rings (SSSR count). The first-order valence-corrected chi connectivity index (χ1v) is 12.6.